The van der Waals surface area contributed by atoms with Crippen molar-refractivity contribution >= 4 is 0 Å². The maximum Gasteiger partial charge on any atom is 0.119 e. The number of aryl methyl sites for hydroxylation is 1. The topological polar surface area (TPSA) is 42.6 Å². The fourth-order valence-electron chi connectivity index (χ4n) is 2.93. The van der Waals surface area contributed by atoms with E-state index in [1.807, 2.05) is 30.3 Å². The van der Waals surface area contributed by atoms with Crippen molar-refractivity contribution in [2.24, 2.45) is 0 Å². The number of benzene rings is 1. The summed E-state index contributed by atoms with van der Waals surface area (Å²) in [6, 6.07) is 9.77. The van der Waals surface area contributed by atoms with Crippen molar-refractivity contribution in [2.45, 2.75) is 31.3 Å². The van der Waals surface area contributed by atoms with Crippen molar-refractivity contribution in [3.05, 3.63) is 53.5 Å². The van der Waals surface area contributed by atoms with Crippen LogP contribution in [-0.2, 0) is 18.4 Å². The fraction of sp³-hybridized carbons (Fsp3) is 0.375. The molecule has 3 nitrogen and oxygen atoms in total. The smallest absolute Gasteiger partial charge is 0.119 e. The van der Waals surface area contributed by atoms with Crippen molar-refractivity contribution in [2.75, 3.05) is 7.11 Å². The van der Waals surface area contributed by atoms with E-state index >= 15 is 0 Å². The van der Waals surface area contributed by atoms with Gasteiger partial charge in [-0.3, -0.25) is 0 Å². The fourth-order valence-corrected chi connectivity index (χ4v) is 2.93. The summed E-state index contributed by atoms with van der Waals surface area (Å²) in [6.45, 7) is 0. The molecule has 1 aromatic carbocycles. The first-order valence-electron chi connectivity index (χ1n) is 6.63. The van der Waals surface area contributed by atoms with Gasteiger partial charge in [0.05, 0.1) is 19.0 Å². The number of hydrogen-bond acceptors (Lipinski definition) is 3. The summed E-state index contributed by atoms with van der Waals surface area (Å²) < 4.78 is 10.7. The van der Waals surface area contributed by atoms with E-state index in [0.717, 1.165) is 41.9 Å². The molecule has 100 valence electrons. The molecule has 1 atom stereocenters. The van der Waals surface area contributed by atoms with Gasteiger partial charge in [-0.05, 0) is 36.6 Å². The Bertz CT molecular complexity index is 573. The Balaban J connectivity index is 1.90. The lowest BCUT2D eigenvalue weighted by Crippen LogP contribution is -2.32. The summed E-state index contributed by atoms with van der Waals surface area (Å²) in [6.07, 6.45) is 4.92. The third-order valence-electron chi connectivity index (χ3n) is 3.87. The lowest BCUT2D eigenvalue weighted by Gasteiger charge is -2.32. The van der Waals surface area contributed by atoms with E-state index in [1.165, 1.54) is 0 Å². The average Bonchev–Trinajstić information content (AvgIpc) is 2.89. The molecule has 0 aliphatic heterocycles. The zero-order valence-electron chi connectivity index (χ0n) is 11.1. The number of rotatable bonds is 3. The zero-order valence-corrected chi connectivity index (χ0v) is 11.1. The third-order valence-corrected chi connectivity index (χ3v) is 3.87. The van der Waals surface area contributed by atoms with Crippen LogP contribution >= 0.6 is 0 Å². The molecule has 0 saturated heterocycles. The highest BCUT2D eigenvalue weighted by Gasteiger charge is 2.36. The first-order chi connectivity index (χ1) is 9.21. The van der Waals surface area contributed by atoms with Gasteiger partial charge in [-0.1, -0.05) is 12.1 Å². The molecule has 1 aromatic heterocycles. The minimum absolute atomic E-state index is 0.594. The van der Waals surface area contributed by atoms with Crippen LogP contribution in [0.2, 0.25) is 0 Å². The molecule has 0 spiro atoms. The number of furan rings is 1. The van der Waals surface area contributed by atoms with E-state index in [0.29, 0.717) is 6.42 Å². The van der Waals surface area contributed by atoms with Crippen molar-refractivity contribution in [1.29, 1.82) is 0 Å². The average molecular weight is 258 g/mol. The summed E-state index contributed by atoms with van der Waals surface area (Å²) in [4.78, 5) is 0. The molecule has 0 saturated carbocycles. The molecule has 1 aliphatic carbocycles. The van der Waals surface area contributed by atoms with Crippen LogP contribution in [0.1, 0.15) is 29.7 Å². The van der Waals surface area contributed by atoms with E-state index in [2.05, 4.69) is 0 Å². The van der Waals surface area contributed by atoms with Gasteiger partial charge in [0, 0.05) is 18.4 Å². The number of ether oxygens (including phenoxy) is 1. The normalized spacial score (nSPS) is 22.0. The van der Waals surface area contributed by atoms with Crippen LogP contribution in [0, 0.1) is 0 Å². The molecule has 0 amide bonds. The Morgan fingerprint density at radius 3 is 3.11 bits per heavy atom. The van der Waals surface area contributed by atoms with E-state index in [9.17, 15) is 5.11 Å². The minimum atomic E-state index is -0.813. The Morgan fingerprint density at radius 1 is 1.37 bits per heavy atom. The Morgan fingerprint density at radius 2 is 2.26 bits per heavy atom. The number of hydrogen-bond donors (Lipinski definition) is 1. The van der Waals surface area contributed by atoms with Crippen molar-refractivity contribution in [1.82, 2.24) is 0 Å². The van der Waals surface area contributed by atoms with Gasteiger partial charge >= 0.3 is 0 Å². The highest BCUT2D eigenvalue weighted by molar-refractivity contribution is 5.34. The molecule has 1 unspecified atom stereocenters. The Labute approximate surface area is 112 Å². The SMILES string of the molecule is COc1cccc(CC2(O)CCCc3occc32)c1. The van der Waals surface area contributed by atoms with Gasteiger partial charge < -0.3 is 14.3 Å². The molecular formula is C16H18O3. The molecule has 1 heterocycles. The van der Waals surface area contributed by atoms with Gasteiger partial charge in [-0.15, -0.1) is 0 Å². The Hall–Kier alpha value is -1.74. The van der Waals surface area contributed by atoms with Crippen LogP contribution in [0.15, 0.2) is 41.0 Å². The van der Waals surface area contributed by atoms with E-state index < -0.39 is 5.60 Å². The minimum Gasteiger partial charge on any atom is -0.497 e. The van der Waals surface area contributed by atoms with Crippen LogP contribution in [0.5, 0.6) is 5.75 Å². The van der Waals surface area contributed by atoms with E-state index in [1.54, 1.807) is 13.4 Å². The Kier molecular flexibility index (Phi) is 3.07. The van der Waals surface area contributed by atoms with Gasteiger partial charge in [0.15, 0.2) is 0 Å². The molecule has 3 rings (SSSR count). The lowest BCUT2D eigenvalue weighted by atomic mass is 9.79. The molecule has 1 N–H and O–H groups in total. The molecule has 0 fully saturated rings. The zero-order chi connectivity index (χ0) is 13.3. The summed E-state index contributed by atoms with van der Waals surface area (Å²) in [7, 11) is 1.66. The first kappa shape index (κ1) is 12.3. The van der Waals surface area contributed by atoms with Gasteiger partial charge in [-0.25, -0.2) is 0 Å². The predicted octanol–water partition coefficient (Wildman–Crippen LogP) is 3.05. The van der Waals surface area contributed by atoms with Crippen molar-refractivity contribution in [3.63, 3.8) is 0 Å². The van der Waals surface area contributed by atoms with Gasteiger partial charge in [-0.2, -0.15) is 0 Å². The second-order valence-corrected chi connectivity index (χ2v) is 5.17. The van der Waals surface area contributed by atoms with Crippen LogP contribution < -0.4 is 4.74 Å². The molecule has 0 radical (unpaired) electrons. The predicted molar refractivity (Wildman–Crippen MR) is 72.2 cm³/mol. The van der Waals surface area contributed by atoms with Gasteiger partial charge in [0.2, 0.25) is 0 Å². The van der Waals surface area contributed by atoms with E-state index in [-0.39, 0.29) is 0 Å². The lowest BCUT2D eigenvalue weighted by molar-refractivity contribution is 0.0168. The number of aliphatic hydroxyl groups is 1. The van der Waals surface area contributed by atoms with E-state index in [4.69, 9.17) is 9.15 Å². The van der Waals surface area contributed by atoms with Gasteiger partial charge in [0.25, 0.3) is 0 Å². The second kappa shape index (κ2) is 4.74. The maximum atomic E-state index is 10.9. The summed E-state index contributed by atoms with van der Waals surface area (Å²) >= 11 is 0. The molecule has 3 heteroatoms. The summed E-state index contributed by atoms with van der Waals surface area (Å²) in [5.41, 5.74) is 1.21. The standard InChI is InChI=1S/C16H18O3/c1-18-13-5-2-4-12(10-13)11-16(17)8-3-6-15-14(16)7-9-19-15/h2,4-5,7,9-10,17H,3,6,8,11H2,1H3. The maximum absolute atomic E-state index is 10.9. The highest BCUT2D eigenvalue weighted by atomic mass is 16.5. The number of methoxy groups -OCH3 is 1. The highest BCUT2D eigenvalue weighted by Crippen LogP contribution is 2.38. The van der Waals surface area contributed by atoms with Crippen LogP contribution in [0.3, 0.4) is 0 Å². The third kappa shape index (κ3) is 2.26. The molecule has 19 heavy (non-hydrogen) atoms. The summed E-state index contributed by atoms with van der Waals surface area (Å²) in [5, 5.41) is 10.9. The first-order valence-corrected chi connectivity index (χ1v) is 6.63. The number of fused-ring (bicyclic) bond motifs is 1. The van der Waals surface area contributed by atoms with Gasteiger partial charge in [0.1, 0.15) is 11.5 Å². The molecule has 0 bridgehead atoms. The van der Waals surface area contributed by atoms with Crippen molar-refractivity contribution < 1.29 is 14.3 Å². The monoisotopic (exact) mass is 258 g/mol. The largest absolute Gasteiger partial charge is 0.497 e. The summed E-state index contributed by atoms with van der Waals surface area (Å²) in [5.74, 6) is 1.75. The molecule has 1 aliphatic rings. The second-order valence-electron chi connectivity index (χ2n) is 5.17. The quantitative estimate of drug-likeness (QED) is 0.920. The molecule has 2 aromatic rings. The van der Waals surface area contributed by atoms with Crippen LogP contribution in [0.4, 0.5) is 0 Å². The van der Waals surface area contributed by atoms with Crippen LogP contribution in [-0.4, -0.2) is 12.2 Å². The van der Waals surface area contributed by atoms with Crippen LogP contribution in [0.25, 0.3) is 0 Å². The van der Waals surface area contributed by atoms with Crippen molar-refractivity contribution in [3.8, 4) is 5.75 Å². The molecular weight excluding hydrogens is 240 g/mol.